The van der Waals surface area contributed by atoms with E-state index in [0.717, 1.165) is 36.8 Å². The Balaban J connectivity index is 1.82. The van der Waals surface area contributed by atoms with Gasteiger partial charge in [0.1, 0.15) is 17.1 Å². The van der Waals surface area contributed by atoms with Gasteiger partial charge in [-0.05, 0) is 48.7 Å². The Labute approximate surface area is 204 Å². The summed E-state index contributed by atoms with van der Waals surface area (Å²) >= 11 is 6.22. The summed E-state index contributed by atoms with van der Waals surface area (Å²) in [4.78, 5) is 15.2. The largest absolute Gasteiger partial charge is 0.507 e. The number of ether oxygens (including phenoxy) is 2. The van der Waals surface area contributed by atoms with Crippen LogP contribution in [0.25, 0.3) is 11.3 Å². The molecule has 1 aromatic heterocycles. The van der Waals surface area contributed by atoms with Gasteiger partial charge in [0.25, 0.3) is 5.91 Å². The van der Waals surface area contributed by atoms with Crippen LogP contribution in [0.1, 0.15) is 67.2 Å². The van der Waals surface area contributed by atoms with Crippen LogP contribution in [0.3, 0.4) is 0 Å². The van der Waals surface area contributed by atoms with Crippen LogP contribution >= 0.6 is 11.6 Å². The van der Waals surface area contributed by atoms with Crippen LogP contribution < -0.4 is 9.47 Å². The molecule has 34 heavy (non-hydrogen) atoms. The summed E-state index contributed by atoms with van der Waals surface area (Å²) < 4.78 is 11.5. The number of benzene rings is 2. The maximum absolute atomic E-state index is 13.4. The van der Waals surface area contributed by atoms with Crippen molar-refractivity contribution in [3.8, 4) is 28.5 Å². The predicted molar refractivity (Wildman–Crippen MR) is 132 cm³/mol. The molecule has 0 bridgehead atoms. The number of aromatic nitrogens is 2. The highest BCUT2D eigenvalue weighted by Crippen LogP contribution is 2.46. The number of carbonyl (C=O) groups is 1. The lowest BCUT2D eigenvalue weighted by Gasteiger charge is -2.27. The van der Waals surface area contributed by atoms with Gasteiger partial charge in [-0.2, -0.15) is 5.10 Å². The Kier molecular flexibility index (Phi) is 7.32. The number of nitrogens with zero attached hydrogens (tertiary/aromatic N) is 2. The molecule has 1 atom stereocenters. The number of aromatic hydroxyl groups is 1. The first-order valence-corrected chi connectivity index (χ1v) is 12.1. The molecular formula is C26H30ClN3O4. The number of H-pyrrole nitrogens is 1. The van der Waals surface area contributed by atoms with Crippen LogP contribution in [-0.2, 0) is 0 Å². The van der Waals surface area contributed by atoms with Crippen molar-refractivity contribution < 1.29 is 19.4 Å². The summed E-state index contributed by atoms with van der Waals surface area (Å²) in [5.74, 6) is 1.22. The van der Waals surface area contributed by atoms with E-state index in [-0.39, 0.29) is 17.7 Å². The number of halogens is 1. The molecular weight excluding hydrogens is 454 g/mol. The van der Waals surface area contributed by atoms with Gasteiger partial charge in [0.15, 0.2) is 11.5 Å². The molecule has 4 rings (SSSR count). The number of hydrogen-bond acceptors (Lipinski definition) is 5. The quantitative estimate of drug-likeness (QED) is 0.347. The summed E-state index contributed by atoms with van der Waals surface area (Å²) in [5.41, 5.74) is 3.02. The van der Waals surface area contributed by atoms with E-state index in [2.05, 4.69) is 24.0 Å². The second kappa shape index (κ2) is 10.4. The number of nitrogens with one attached hydrogen (secondary N) is 1. The van der Waals surface area contributed by atoms with Crippen molar-refractivity contribution in [2.75, 3.05) is 20.3 Å². The van der Waals surface area contributed by atoms with Gasteiger partial charge in [0.2, 0.25) is 0 Å². The van der Waals surface area contributed by atoms with E-state index in [1.165, 1.54) is 6.07 Å². The van der Waals surface area contributed by atoms with Gasteiger partial charge in [-0.1, -0.05) is 44.4 Å². The first-order valence-electron chi connectivity index (χ1n) is 11.7. The standard InChI is InChI=1S/C26H30ClN3O4/c1-4-6-12-30-25(16-8-11-20(21(14-16)33-3)34-13-7-5-2)22-23(28-29-24(22)26(30)32)18-15-17(27)9-10-19(18)31/h8-11,14-15,25,31H,4-7,12-13H2,1-3H3,(H,28,29). The summed E-state index contributed by atoms with van der Waals surface area (Å²) in [5, 5.41) is 18.3. The Morgan fingerprint density at radius 2 is 1.91 bits per heavy atom. The number of rotatable bonds is 10. The third kappa shape index (κ3) is 4.44. The molecule has 1 unspecified atom stereocenters. The molecule has 0 saturated carbocycles. The summed E-state index contributed by atoms with van der Waals surface area (Å²) in [7, 11) is 1.61. The van der Waals surface area contributed by atoms with Crippen LogP contribution in [-0.4, -0.2) is 46.4 Å². The van der Waals surface area contributed by atoms with Crippen molar-refractivity contribution in [2.45, 2.75) is 45.6 Å². The van der Waals surface area contributed by atoms with Gasteiger partial charge < -0.3 is 19.5 Å². The number of phenols is 1. The number of methoxy groups -OCH3 is 1. The SMILES string of the molecule is CCCCOc1ccc(C2c3c(-c4cc(Cl)ccc4O)n[nH]c3C(=O)N2CCCC)cc1OC. The molecule has 0 saturated heterocycles. The summed E-state index contributed by atoms with van der Waals surface area (Å²) in [6.07, 6.45) is 3.82. The monoisotopic (exact) mass is 483 g/mol. The van der Waals surface area contributed by atoms with E-state index in [9.17, 15) is 9.90 Å². The normalized spacial score (nSPS) is 15.0. The highest BCUT2D eigenvalue weighted by atomic mass is 35.5. The van der Waals surface area contributed by atoms with Crippen molar-refractivity contribution in [2.24, 2.45) is 0 Å². The zero-order chi connectivity index (χ0) is 24.2. The second-order valence-electron chi connectivity index (χ2n) is 8.39. The fraction of sp³-hybridized carbons (Fsp3) is 0.385. The average molecular weight is 484 g/mol. The molecule has 0 aliphatic carbocycles. The highest BCUT2D eigenvalue weighted by molar-refractivity contribution is 6.31. The third-order valence-electron chi connectivity index (χ3n) is 6.09. The highest BCUT2D eigenvalue weighted by Gasteiger charge is 2.42. The first-order chi connectivity index (χ1) is 16.5. The topological polar surface area (TPSA) is 87.7 Å². The Morgan fingerprint density at radius 3 is 2.65 bits per heavy atom. The second-order valence-corrected chi connectivity index (χ2v) is 8.83. The van der Waals surface area contributed by atoms with E-state index in [1.54, 1.807) is 19.2 Å². The molecule has 2 N–H and O–H groups in total. The Bertz CT molecular complexity index is 1180. The molecule has 2 heterocycles. The molecule has 0 spiro atoms. The Morgan fingerprint density at radius 1 is 1.12 bits per heavy atom. The van der Waals surface area contributed by atoms with Gasteiger partial charge >= 0.3 is 0 Å². The van der Waals surface area contributed by atoms with E-state index in [0.29, 0.717) is 46.6 Å². The third-order valence-corrected chi connectivity index (χ3v) is 6.32. The number of hydrogen-bond donors (Lipinski definition) is 2. The van der Waals surface area contributed by atoms with Crippen molar-refractivity contribution in [1.82, 2.24) is 15.1 Å². The molecule has 180 valence electrons. The van der Waals surface area contributed by atoms with Gasteiger partial charge in [-0.3, -0.25) is 9.89 Å². The zero-order valence-corrected chi connectivity index (χ0v) is 20.5. The van der Waals surface area contributed by atoms with Crippen molar-refractivity contribution in [3.05, 3.63) is 58.2 Å². The minimum Gasteiger partial charge on any atom is -0.507 e. The van der Waals surface area contributed by atoms with Crippen LogP contribution in [0.5, 0.6) is 17.2 Å². The summed E-state index contributed by atoms with van der Waals surface area (Å²) in [6, 6.07) is 10.2. The maximum Gasteiger partial charge on any atom is 0.273 e. The smallest absolute Gasteiger partial charge is 0.273 e. The minimum absolute atomic E-state index is 0.0501. The number of unbranched alkanes of at least 4 members (excludes halogenated alkanes) is 2. The van der Waals surface area contributed by atoms with Crippen molar-refractivity contribution in [3.63, 3.8) is 0 Å². The number of fused-ring (bicyclic) bond motifs is 1. The van der Waals surface area contributed by atoms with Crippen LogP contribution in [0, 0.1) is 0 Å². The number of amides is 1. The Hall–Kier alpha value is -3.19. The van der Waals surface area contributed by atoms with Gasteiger partial charge in [-0.25, -0.2) is 0 Å². The van der Waals surface area contributed by atoms with Crippen molar-refractivity contribution >= 4 is 17.5 Å². The van der Waals surface area contributed by atoms with E-state index >= 15 is 0 Å². The molecule has 3 aromatic rings. The van der Waals surface area contributed by atoms with Crippen LogP contribution in [0.4, 0.5) is 0 Å². The zero-order valence-electron chi connectivity index (χ0n) is 19.7. The maximum atomic E-state index is 13.4. The molecule has 1 aliphatic heterocycles. The fourth-order valence-corrected chi connectivity index (χ4v) is 4.48. The first kappa shape index (κ1) is 24.0. The van der Waals surface area contributed by atoms with E-state index in [1.807, 2.05) is 23.1 Å². The summed E-state index contributed by atoms with van der Waals surface area (Å²) in [6.45, 7) is 5.42. The molecule has 2 aromatic carbocycles. The van der Waals surface area contributed by atoms with Gasteiger partial charge in [0, 0.05) is 22.7 Å². The predicted octanol–water partition coefficient (Wildman–Crippen LogP) is 5.97. The molecule has 1 aliphatic rings. The lowest BCUT2D eigenvalue weighted by molar-refractivity contribution is 0.0741. The molecule has 0 fully saturated rings. The van der Waals surface area contributed by atoms with E-state index in [4.69, 9.17) is 21.1 Å². The lowest BCUT2D eigenvalue weighted by Crippen LogP contribution is -2.30. The van der Waals surface area contributed by atoms with Crippen LogP contribution in [0.15, 0.2) is 36.4 Å². The van der Waals surface area contributed by atoms with Gasteiger partial charge in [-0.15, -0.1) is 0 Å². The molecule has 8 heteroatoms. The number of phenolic OH excluding ortho intramolecular Hbond substituents is 1. The number of carbonyl (C=O) groups excluding carboxylic acids is 1. The molecule has 7 nitrogen and oxygen atoms in total. The number of aromatic amines is 1. The fourth-order valence-electron chi connectivity index (χ4n) is 4.31. The van der Waals surface area contributed by atoms with E-state index < -0.39 is 0 Å². The van der Waals surface area contributed by atoms with Crippen molar-refractivity contribution in [1.29, 1.82) is 0 Å². The molecule has 1 amide bonds. The van der Waals surface area contributed by atoms with Crippen LogP contribution in [0.2, 0.25) is 5.02 Å². The lowest BCUT2D eigenvalue weighted by atomic mass is 9.95. The average Bonchev–Trinajstić information content (AvgIpc) is 3.38. The molecule has 0 radical (unpaired) electrons. The minimum atomic E-state index is -0.389. The van der Waals surface area contributed by atoms with Gasteiger partial charge in [0.05, 0.1) is 19.8 Å².